The SMILES string of the molecule is O=C(O)c1csc(Br)c1CNC1CCCCNC1=O. The summed E-state index contributed by atoms with van der Waals surface area (Å²) in [7, 11) is 0. The van der Waals surface area contributed by atoms with Gasteiger partial charge < -0.3 is 15.7 Å². The molecule has 19 heavy (non-hydrogen) atoms. The summed E-state index contributed by atoms with van der Waals surface area (Å²) in [5.41, 5.74) is 0.993. The molecule has 1 atom stereocenters. The lowest BCUT2D eigenvalue weighted by atomic mass is 10.1. The van der Waals surface area contributed by atoms with Crippen molar-refractivity contribution in [2.24, 2.45) is 0 Å². The van der Waals surface area contributed by atoms with Gasteiger partial charge in [-0.05, 0) is 35.2 Å². The molecule has 0 saturated carbocycles. The van der Waals surface area contributed by atoms with E-state index < -0.39 is 5.97 Å². The first kappa shape index (κ1) is 14.5. The molecular weight excluding hydrogens is 332 g/mol. The van der Waals surface area contributed by atoms with Crippen LogP contribution in [0.25, 0.3) is 0 Å². The van der Waals surface area contributed by atoms with Crippen LogP contribution in [0.1, 0.15) is 35.2 Å². The number of hydrogen-bond donors (Lipinski definition) is 3. The Morgan fingerprint density at radius 1 is 1.58 bits per heavy atom. The smallest absolute Gasteiger partial charge is 0.336 e. The van der Waals surface area contributed by atoms with Gasteiger partial charge in [-0.1, -0.05) is 0 Å². The summed E-state index contributed by atoms with van der Waals surface area (Å²) in [4.78, 5) is 22.9. The van der Waals surface area contributed by atoms with Crippen LogP contribution >= 0.6 is 27.3 Å². The molecule has 0 spiro atoms. The summed E-state index contributed by atoms with van der Waals surface area (Å²) in [6, 6.07) is -0.240. The lowest BCUT2D eigenvalue weighted by Gasteiger charge is -2.15. The molecule has 3 N–H and O–H groups in total. The van der Waals surface area contributed by atoms with Crippen LogP contribution in [-0.2, 0) is 11.3 Å². The van der Waals surface area contributed by atoms with Crippen molar-refractivity contribution in [1.29, 1.82) is 0 Å². The van der Waals surface area contributed by atoms with E-state index in [1.54, 1.807) is 5.38 Å². The van der Waals surface area contributed by atoms with Crippen LogP contribution < -0.4 is 10.6 Å². The number of hydrogen-bond acceptors (Lipinski definition) is 4. The van der Waals surface area contributed by atoms with Crippen LogP contribution in [-0.4, -0.2) is 29.6 Å². The summed E-state index contributed by atoms with van der Waals surface area (Å²) >= 11 is 4.70. The molecule has 1 amide bonds. The molecule has 0 radical (unpaired) electrons. The van der Waals surface area contributed by atoms with Gasteiger partial charge in [0.2, 0.25) is 5.91 Å². The third-order valence-corrected chi connectivity index (χ3v) is 4.98. The molecule has 1 aromatic rings. The van der Waals surface area contributed by atoms with Crippen LogP contribution in [0.4, 0.5) is 0 Å². The number of halogens is 1. The van der Waals surface area contributed by atoms with Crippen molar-refractivity contribution in [3.63, 3.8) is 0 Å². The molecule has 1 unspecified atom stereocenters. The monoisotopic (exact) mass is 346 g/mol. The van der Waals surface area contributed by atoms with Crippen molar-refractivity contribution in [3.8, 4) is 0 Å². The Morgan fingerprint density at radius 2 is 2.37 bits per heavy atom. The van der Waals surface area contributed by atoms with E-state index in [1.165, 1.54) is 11.3 Å². The average Bonchev–Trinajstić information content (AvgIpc) is 2.61. The molecule has 2 heterocycles. The zero-order chi connectivity index (χ0) is 13.8. The Balaban J connectivity index is 2.03. The van der Waals surface area contributed by atoms with E-state index in [1.807, 2.05) is 0 Å². The Hall–Kier alpha value is -0.920. The highest BCUT2D eigenvalue weighted by atomic mass is 79.9. The zero-order valence-electron chi connectivity index (χ0n) is 10.2. The van der Waals surface area contributed by atoms with E-state index in [2.05, 4.69) is 26.6 Å². The number of carbonyl (C=O) groups excluding carboxylic acids is 1. The van der Waals surface area contributed by atoms with E-state index in [-0.39, 0.29) is 11.9 Å². The van der Waals surface area contributed by atoms with Crippen molar-refractivity contribution in [1.82, 2.24) is 10.6 Å². The van der Waals surface area contributed by atoms with Gasteiger partial charge in [0.1, 0.15) is 0 Å². The van der Waals surface area contributed by atoms with E-state index in [0.717, 1.165) is 29.6 Å². The molecule has 0 aliphatic carbocycles. The first-order valence-electron chi connectivity index (χ1n) is 6.10. The Kier molecular flexibility index (Phi) is 4.95. The number of aromatic carboxylic acids is 1. The lowest BCUT2D eigenvalue weighted by molar-refractivity contribution is -0.122. The highest BCUT2D eigenvalue weighted by molar-refractivity contribution is 9.11. The average molecular weight is 347 g/mol. The molecule has 0 aromatic carbocycles. The number of thiophene rings is 1. The van der Waals surface area contributed by atoms with Crippen LogP contribution in [0.2, 0.25) is 0 Å². The summed E-state index contributed by atoms with van der Waals surface area (Å²) in [6.45, 7) is 1.10. The first-order valence-corrected chi connectivity index (χ1v) is 7.77. The number of amides is 1. The second kappa shape index (κ2) is 6.49. The summed E-state index contributed by atoms with van der Waals surface area (Å²) in [5, 5.41) is 16.7. The fourth-order valence-corrected chi connectivity index (χ4v) is 3.49. The lowest BCUT2D eigenvalue weighted by Crippen LogP contribution is -2.42. The molecule has 2 rings (SSSR count). The van der Waals surface area contributed by atoms with Crippen molar-refractivity contribution in [3.05, 3.63) is 20.3 Å². The van der Waals surface area contributed by atoms with Crippen LogP contribution in [0.15, 0.2) is 9.17 Å². The second-order valence-electron chi connectivity index (χ2n) is 4.43. The topological polar surface area (TPSA) is 78.4 Å². The highest BCUT2D eigenvalue weighted by Crippen LogP contribution is 2.28. The van der Waals surface area contributed by atoms with Gasteiger partial charge in [0.25, 0.3) is 0 Å². The van der Waals surface area contributed by atoms with Gasteiger partial charge in [-0.3, -0.25) is 4.79 Å². The molecule has 7 heteroatoms. The van der Waals surface area contributed by atoms with E-state index >= 15 is 0 Å². The van der Waals surface area contributed by atoms with Crippen molar-refractivity contribution < 1.29 is 14.7 Å². The predicted octanol–water partition coefficient (Wildman–Crippen LogP) is 1.97. The maximum Gasteiger partial charge on any atom is 0.336 e. The Morgan fingerprint density at radius 3 is 3.11 bits per heavy atom. The maximum absolute atomic E-state index is 11.8. The van der Waals surface area contributed by atoms with Crippen LogP contribution in [0.3, 0.4) is 0 Å². The zero-order valence-corrected chi connectivity index (χ0v) is 12.6. The highest BCUT2D eigenvalue weighted by Gasteiger charge is 2.22. The molecule has 1 fully saturated rings. The third kappa shape index (κ3) is 3.55. The third-order valence-electron chi connectivity index (χ3n) is 3.13. The van der Waals surface area contributed by atoms with Crippen molar-refractivity contribution in [2.75, 3.05) is 6.54 Å². The minimum atomic E-state index is -0.941. The fraction of sp³-hybridized carbons (Fsp3) is 0.500. The van der Waals surface area contributed by atoms with Crippen LogP contribution in [0, 0.1) is 0 Å². The van der Waals surface area contributed by atoms with E-state index in [9.17, 15) is 9.59 Å². The van der Waals surface area contributed by atoms with Gasteiger partial charge in [0.05, 0.1) is 15.4 Å². The number of rotatable bonds is 4. The summed E-state index contributed by atoms with van der Waals surface area (Å²) < 4.78 is 0.798. The number of carboxylic acids is 1. The second-order valence-corrected chi connectivity index (χ2v) is 6.62. The Labute approximate surface area is 123 Å². The predicted molar refractivity (Wildman–Crippen MR) is 76.5 cm³/mol. The van der Waals surface area contributed by atoms with Crippen LogP contribution in [0.5, 0.6) is 0 Å². The summed E-state index contributed by atoms with van der Waals surface area (Å²) in [5.74, 6) is -0.940. The number of carbonyl (C=O) groups is 2. The fourth-order valence-electron chi connectivity index (χ4n) is 2.06. The molecule has 0 bridgehead atoms. The Bertz CT molecular complexity index is 489. The number of carboxylic acid groups (broad SMARTS) is 1. The number of nitrogens with one attached hydrogen (secondary N) is 2. The molecule has 5 nitrogen and oxygen atoms in total. The minimum Gasteiger partial charge on any atom is -0.478 e. The molecule has 1 aliphatic rings. The molecule has 1 saturated heterocycles. The van der Waals surface area contributed by atoms with Crippen molar-refractivity contribution in [2.45, 2.75) is 31.8 Å². The van der Waals surface area contributed by atoms with Gasteiger partial charge >= 0.3 is 5.97 Å². The van der Waals surface area contributed by atoms with Gasteiger partial charge in [-0.25, -0.2) is 4.79 Å². The quantitative estimate of drug-likeness (QED) is 0.778. The van der Waals surface area contributed by atoms with E-state index in [0.29, 0.717) is 17.7 Å². The summed E-state index contributed by atoms with van der Waals surface area (Å²) in [6.07, 6.45) is 2.77. The standard InChI is InChI=1S/C12H15BrN2O3S/c13-10-7(8(6-19-10)12(17)18)5-15-9-3-1-2-4-14-11(9)16/h6,9,15H,1-5H2,(H,14,16)(H,17,18). The van der Waals surface area contributed by atoms with Crippen molar-refractivity contribution >= 4 is 39.1 Å². The minimum absolute atomic E-state index is 0.000673. The van der Waals surface area contributed by atoms with Gasteiger partial charge in [-0.2, -0.15) is 0 Å². The normalized spacial score (nSPS) is 19.8. The maximum atomic E-state index is 11.8. The molecule has 104 valence electrons. The molecule has 1 aromatic heterocycles. The van der Waals surface area contributed by atoms with Gasteiger partial charge in [0, 0.05) is 24.0 Å². The molecule has 1 aliphatic heterocycles. The van der Waals surface area contributed by atoms with Gasteiger partial charge in [-0.15, -0.1) is 11.3 Å². The first-order chi connectivity index (χ1) is 9.09. The van der Waals surface area contributed by atoms with E-state index in [4.69, 9.17) is 5.11 Å². The molecular formula is C12H15BrN2O3S. The van der Waals surface area contributed by atoms with Gasteiger partial charge in [0.15, 0.2) is 0 Å². The largest absolute Gasteiger partial charge is 0.478 e.